The van der Waals surface area contributed by atoms with Crippen molar-refractivity contribution in [3.8, 4) is 0 Å². The topological polar surface area (TPSA) is 78.3 Å². The van der Waals surface area contributed by atoms with Gasteiger partial charge in [-0.2, -0.15) is 0 Å². The quantitative estimate of drug-likeness (QED) is 0.593. The largest absolute Gasteiger partial charge is 0.469 e. The summed E-state index contributed by atoms with van der Waals surface area (Å²) in [5, 5.41) is 0. The maximum Gasteiger partial charge on any atom is 0.313 e. The van der Waals surface area contributed by atoms with Crippen LogP contribution in [0.3, 0.4) is 0 Å². The predicted molar refractivity (Wildman–Crippen MR) is 61.5 cm³/mol. The highest BCUT2D eigenvalue weighted by Gasteiger charge is 2.56. The van der Waals surface area contributed by atoms with Gasteiger partial charge in [0.1, 0.15) is 0 Å². The molecule has 1 aromatic rings. The number of carbonyl (C=O) groups is 1. The first-order valence-corrected chi connectivity index (χ1v) is 5.29. The molecule has 0 bridgehead atoms. The van der Waals surface area contributed by atoms with E-state index in [-0.39, 0.29) is 12.0 Å². The summed E-state index contributed by atoms with van der Waals surface area (Å²) < 4.78 is 4.80. The van der Waals surface area contributed by atoms with Crippen molar-refractivity contribution in [2.75, 3.05) is 12.8 Å². The molecule has 0 radical (unpaired) electrons. The lowest BCUT2D eigenvalue weighted by Gasteiger charge is -2.21. The lowest BCUT2D eigenvalue weighted by atomic mass is 9.90. The fourth-order valence-corrected chi connectivity index (χ4v) is 2.05. The Bertz CT molecular complexity index is 413. The Balaban J connectivity index is 2.26. The Morgan fingerprint density at radius 1 is 1.50 bits per heavy atom. The van der Waals surface area contributed by atoms with E-state index in [0.717, 1.165) is 18.4 Å². The molecule has 0 saturated heterocycles. The minimum atomic E-state index is -0.525. The molecular weight excluding hydrogens is 204 g/mol. The summed E-state index contributed by atoms with van der Waals surface area (Å²) in [4.78, 5) is 11.7. The van der Waals surface area contributed by atoms with E-state index >= 15 is 0 Å². The van der Waals surface area contributed by atoms with Crippen molar-refractivity contribution in [2.24, 2.45) is 11.1 Å². The average Bonchev–Trinajstić information content (AvgIpc) is 3.08. The van der Waals surface area contributed by atoms with Crippen molar-refractivity contribution in [2.45, 2.75) is 18.9 Å². The maximum absolute atomic E-state index is 11.7. The number of nitrogen functional groups attached to an aromatic ring is 1. The molecule has 2 rings (SSSR count). The van der Waals surface area contributed by atoms with Gasteiger partial charge in [-0.1, -0.05) is 12.1 Å². The molecule has 86 valence electrons. The molecule has 0 spiro atoms. The highest BCUT2D eigenvalue weighted by atomic mass is 16.5. The van der Waals surface area contributed by atoms with E-state index in [1.54, 1.807) is 6.07 Å². The first-order chi connectivity index (χ1) is 7.60. The predicted octanol–water partition coefficient (Wildman–Crippen LogP) is 1.22. The third kappa shape index (κ3) is 1.65. The highest BCUT2D eigenvalue weighted by molar-refractivity contribution is 5.81. The van der Waals surface area contributed by atoms with Gasteiger partial charge in [0.25, 0.3) is 0 Å². The van der Waals surface area contributed by atoms with Crippen molar-refractivity contribution in [3.05, 3.63) is 29.8 Å². The molecule has 0 aromatic heterocycles. The Labute approximate surface area is 94.6 Å². The van der Waals surface area contributed by atoms with E-state index in [4.69, 9.17) is 16.2 Å². The van der Waals surface area contributed by atoms with Crippen LogP contribution < -0.4 is 11.5 Å². The second-order valence-electron chi connectivity index (χ2n) is 4.30. The first-order valence-electron chi connectivity index (χ1n) is 5.29. The van der Waals surface area contributed by atoms with Gasteiger partial charge < -0.3 is 16.2 Å². The number of anilines is 1. The molecule has 1 aliphatic carbocycles. The van der Waals surface area contributed by atoms with E-state index in [2.05, 4.69) is 0 Å². The van der Waals surface area contributed by atoms with Crippen LogP contribution in [0.5, 0.6) is 0 Å². The van der Waals surface area contributed by atoms with Crippen LogP contribution in [0.4, 0.5) is 5.69 Å². The zero-order valence-corrected chi connectivity index (χ0v) is 9.27. The molecule has 1 aliphatic rings. The monoisotopic (exact) mass is 220 g/mol. The smallest absolute Gasteiger partial charge is 0.313 e. The Morgan fingerprint density at radius 2 is 2.19 bits per heavy atom. The second kappa shape index (κ2) is 3.79. The van der Waals surface area contributed by atoms with Crippen molar-refractivity contribution < 1.29 is 9.53 Å². The summed E-state index contributed by atoms with van der Waals surface area (Å²) in [5.41, 5.74) is 12.8. The molecule has 1 aromatic carbocycles. The molecule has 0 heterocycles. The van der Waals surface area contributed by atoms with Crippen LogP contribution in [0.25, 0.3) is 0 Å². The molecule has 1 atom stereocenters. The number of ether oxygens (including phenoxy) is 1. The fraction of sp³-hybridized carbons (Fsp3) is 0.417. The third-order valence-electron chi connectivity index (χ3n) is 3.25. The van der Waals surface area contributed by atoms with Gasteiger partial charge >= 0.3 is 5.97 Å². The molecule has 4 N–H and O–H groups in total. The lowest BCUT2D eigenvalue weighted by molar-refractivity contribution is -0.148. The molecule has 16 heavy (non-hydrogen) atoms. The van der Waals surface area contributed by atoms with Gasteiger partial charge in [-0.25, -0.2) is 0 Å². The zero-order valence-electron chi connectivity index (χ0n) is 9.27. The molecule has 1 unspecified atom stereocenters. The minimum Gasteiger partial charge on any atom is -0.469 e. The van der Waals surface area contributed by atoms with Gasteiger partial charge in [-0.3, -0.25) is 4.79 Å². The van der Waals surface area contributed by atoms with Crippen molar-refractivity contribution in [1.29, 1.82) is 0 Å². The summed E-state index contributed by atoms with van der Waals surface area (Å²) in [6.45, 7) is 0. The number of carbonyl (C=O) groups excluding carboxylic acids is 1. The SMILES string of the molecule is COC(=O)C1(C(N)c2cccc(N)c2)CC1. The lowest BCUT2D eigenvalue weighted by Crippen LogP contribution is -2.31. The number of hydrogen-bond acceptors (Lipinski definition) is 4. The van der Waals surface area contributed by atoms with Crippen LogP contribution in [0.1, 0.15) is 24.4 Å². The third-order valence-corrected chi connectivity index (χ3v) is 3.25. The second-order valence-corrected chi connectivity index (χ2v) is 4.30. The van der Waals surface area contributed by atoms with Gasteiger partial charge in [0.15, 0.2) is 0 Å². The van der Waals surface area contributed by atoms with Crippen LogP contribution in [-0.4, -0.2) is 13.1 Å². The molecular formula is C12H16N2O2. The summed E-state index contributed by atoms with van der Waals surface area (Å²) in [5.74, 6) is -0.220. The maximum atomic E-state index is 11.7. The van der Waals surface area contributed by atoms with Crippen LogP contribution in [0.2, 0.25) is 0 Å². The molecule has 4 nitrogen and oxygen atoms in total. The number of hydrogen-bond donors (Lipinski definition) is 2. The van der Waals surface area contributed by atoms with E-state index in [1.807, 2.05) is 18.2 Å². The number of nitrogens with two attached hydrogens (primary N) is 2. The molecule has 0 aliphatic heterocycles. The van der Waals surface area contributed by atoms with Crippen molar-refractivity contribution >= 4 is 11.7 Å². The number of benzene rings is 1. The van der Waals surface area contributed by atoms with Crippen LogP contribution in [-0.2, 0) is 9.53 Å². The molecule has 1 fully saturated rings. The summed E-state index contributed by atoms with van der Waals surface area (Å²) in [6.07, 6.45) is 1.57. The number of methoxy groups -OCH3 is 1. The number of esters is 1. The molecule has 4 heteroatoms. The van der Waals surface area contributed by atoms with E-state index < -0.39 is 5.41 Å². The van der Waals surface area contributed by atoms with Crippen LogP contribution in [0.15, 0.2) is 24.3 Å². The van der Waals surface area contributed by atoms with Crippen molar-refractivity contribution in [1.82, 2.24) is 0 Å². The van der Waals surface area contributed by atoms with Gasteiger partial charge in [0.05, 0.1) is 12.5 Å². The van der Waals surface area contributed by atoms with E-state index in [1.165, 1.54) is 7.11 Å². The molecule has 0 amide bonds. The first kappa shape index (κ1) is 11.0. The van der Waals surface area contributed by atoms with Gasteiger partial charge in [-0.05, 0) is 30.5 Å². The van der Waals surface area contributed by atoms with Crippen LogP contribution in [0, 0.1) is 5.41 Å². The summed E-state index contributed by atoms with van der Waals surface area (Å²) in [6, 6.07) is 7.02. The Hall–Kier alpha value is -1.55. The summed E-state index contributed by atoms with van der Waals surface area (Å²) in [7, 11) is 1.40. The fourth-order valence-electron chi connectivity index (χ4n) is 2.05. The van der Waals surface area contributed by atoms with Crippen LogP contribution >= 0.6 is 0 Å². The number of rotatable bonds is 3. The Kier molecular flexibility index (Phi) is 2.59. The van der Waals surface area contributed by atoms with Crippen molar-refractivity contribution in [3.63, 3.8) is 0 Å². The standard InChI is InChI=1S/C12H16N2O2/c1-16-11(15)12(5-6-12)10(14)8-3-2-4-9(13)7-8/h2-4,7,10H,5-6,13-14H2,1H3. The van der Waals surface area contributed by atoms with E-state index in [9.17, 15) is 4.79 Å². The summed E-state index contributed by atoms with van der Waals surface area (Å²) >= 11 is 0. The zero-order chi connectivity index (χ0) is 11.8. The minimum absolute atomic E-state index is 0.220. The normalized spacial score (nSPS) is 18.9. The van der Waals surface area contributed by atoms with E-state index in [0.29, 0.717) is 5.69 Å². The van der Waals surface area contributed by atoms with Gasteiger partial charge in [0, 0.05) is 11.7 Å². The van der Waals surface area contributed by atoms with Gasteiger partial charge in [-0.15, -0.1) is 0 Å². The highest BCUT2D eigenvalue weighted by Crippen LogP contribution is 2.54. The molecule has 1 saturated carbocycles. The Morgan fingerprint density at radius 3 is 2.69 bits per heavy atom. The van der Waals surface area contributed by atoms with Gasteiger partial charge in [0.2, 0.25) is 0 Å². The average molecular weight is 220 g/mol.